The molecular weight excluding hydrogens is 348 g/mol. The largest absolute Gasteiger partial charge is 0.488 e. The molecule has 2 rings (SSSR count). The minimum Gasteiger partial charge on any atom is -0.488 e. The third-order valence-corrected chi connectivity index (χ3v) is 3.39. The summed E-state index contributed by atoms with van der Waals surface area (Å²) in [5.74, 6) is -3.07. The Morgan fingerprint density at radius 3 is 2.54 bits per heavy atom. The van der Waals surface area contributed by atoms with Crippen LogP contribution in [0.15, 0.2) is 30.5 Å². The number of carboxylic acid groups (broad SMARTS) is 1. The van der Waals surface area contributed by atoms with Crippen LogP contribution < -0.4 is 9.47 Å². The molecule has 1 aromatic heterocycles. The highest BCUT2D eigenvalue weighted by Crippen LogP contribution is 2.33. The van der Waals surface area contributed by atoms with Crippen molar-refractivity contribution in [2.24, 2.45) is 0 Å². The highest BCUT2D eigenvalue weighted by molar-refractivity contribution is 5.69. The molecule has 0 aliphatic rings. The Bertz CT molecular complexity index is 731. The van der Waals surface area contributed by atoms with E-state index in [-0.39, 0.29) is 37.5 Å². The van der Waals surface area contributed by atoms with Gasteiger partial charge in [0.2, 0.25) is 5.88 Å². The van der Waals surface area contributed by atoms with E-state index in [1.54, 1.807) is 12.1 Å². The molecule has 26 heavy (non-hydrogen) atoms. The summed E-state index contributed by atoms with van der Waals surface area (Å²) in [7, 11) is 1.53. The van der Waals surface area contributed by atoms with Gasteiger partial charge in [-0.3, -0.25) is 4.79 Å². The predicted molar refractivity (Wildman–Crippen MR) is 89.3 cm³/mol. The molecule has 0 spiro atoms. The lowest BCUT2D eigenvalue weighted by Gasteiger charge is -2.12. The monoisotopic (exact) mass is 367 g/mol. The molecule has 0 unspecified atom stereocenters. The average Bonchev–Trinajstić information content (AvgIpc) is 2.60. The minimum atomic E-state index is -0.998. The van der Waals surface area contributed by atoms with Crippen LogP contribution in [0.4, 0.5) is 8.78 Å². The van der Waals surface area contributed by atoms with Gasteiger partial charge >= 0.3 is 5.97 Å². The van der Waals surface area contributed by atoms with Gasteiger partial charge in [0.05, 0.1) is 13.2 Å². The fourth-order valence-electron chi connectivity index (χ4n) is 2.20. The normalized spacial score (nSPS) is 10.6. The van der Waals surface area contributed by atoms with Crippen LogP contribution in [0.3, 0.4) is 0 Å². The van der Waals surface area contributed by atoms with Gasteiger partial charge in [-0.15, -0.1) is 0 Å². The number of methoxy groups -OCH3 is 1. The molecule has 0 aliphatic carbocycles. The number of aliphatic carboxylic acids is 1. The van der Waals surface area contributed by atoms with Crippen LogP contribution in [-0.2, 0) is 9.53 Å². The zero-order valence-electron chi connectivity index (χ0n) is 14.2. The standard InChI is InChI=1S/C18H19F2NO5/c1-24-8-9-26-18-13(4-2-6-21-18)12-10-14(19)17(15(20)11-12)25-7-3-5-16(22)23/h2,4,6,10-11H,3,5,7-9H2,1H3,(H,22,23). The van der Waals surface area contributed by atoms with Crippen molar-refractivity contribution in [2.75, 3.05) is 26.9 Å². The number of aromatic nitrogens is 1. The summed E-state index contributed by atoms with van der Waals surface area (Å²) in [6, 6.07) is 5.51. The molecule has 8 heteroatoms. The maximum absolute atomic E-state index is 14.3. The van der Waals surface area contributed by atoms with Crippen LogP contribution in [0.2, 0.25) is 0 Å². The third-order valence-electron chi connectivity index (χ3n) is 3.39. The van der Waals surface area contributed by atoms with Crippen LogP contribution in [0.25, 0.3) is 11.1 Å². The number of ether oxygens (including phenoxy) is 3. The van der Waals surface area contributed by atoms with E-state index in [2.05, 4.69) is 4.98 Å². The molecule has 2 aromatic rings. The molecule has 1 heterocycles. The van der Waals surface area contributed by atoms with Gasteiger partial charge in [0.15, 0.2) is 17.4 Å². The number of benzene rings is 1. The number of pyridine rings is 1. The van der Waals surface area contributed by atoms with E-state index in [9.17, 15) is 13.6 Å². The first-order chi connectivity index (χ1) is 12.5. The second-order valence-electron chi connectivity index (χ2n) is 5.31. The number of hydrogen-bond donors (Lipinski definition) is 1. The van der Waals surface area contributed by atoms with Crippen LogP contribution in [0, 0.1) is 11.6 Å². The third kappa shape index (κ3) is 5.38. The molecule has 0 aliphatic heterocycles. The van der Waals surface area contributed by atoms with Gasteiger partial charge in [0, 0.05) is 25.3 Å². The van der Waals surface area contributed by atoms with Crippen molar-refractivity contribution >= 4 is 5.97 Å². The van der Waals surface area contributed by atoms with Gasteiger partial charge in [-0.1, -0.05) is 0 Å². The minimum absolute atomic E-state index is 0.0994. The van der Waals surface area contributed by atoms with Crippen LogP contribution in [0.5, 0.6) is 11.6 Å². The Kier molecular flexibility index (Phi) is 7.28. The van der Waals surface area contributed by atoms with E-state index in [4.69, 9.17) is 19.3 Å². The molecule has 0 amide bonds. The van der Waals surface area contributed by atoms with Gasteiger partial charge < -0.3 is 19.3 Å². The Balaban J connectivity index is 2.18. The van der Waals surface area contributed by atoms with Crippen molar-refractivity contribution in [3.05, 3.63) is 42.1 Å². The molecule has 0 bridgehead atoms. The average molecular weight is 367 g/mol. The summed E-state index contributed by atoms with van der Waals surface area (Å²) in [5, 5.41) is 8.56. The van der Waals surface area contributed by atoms with Gasteiger partial charge in [-0.2, -0.15) is 0 Å². The second kappa shape index (κ2) is 9.67. The Morgan fingerprint density at radius 1 is 1.15 bits per heavy atom. The molecule has 1 aromatic carbocycles. The number of hydrogen-bond acceptors (Lipinski definition) is 5. The molecule has 0 saturated heterocycles. The van der Waals surface area contributed by atoms with Gasteiger partial charge in [-0.05, 0) is 36.2 Å². The fraction of sp³-hybridized carbons (Fsp3) is 0.333. The molecular formula is C18H19F2NO5. The van der Waals surface area contributed by atoms with Crippen molar-refractivity contribution < 1.29 is 32.9 Å². The first kappa shape index (κ1) is 19.6. The zero-order valence-corrected chi connectivity index (χ0v) is 14.2. The second-order valence-corrected chi connectivity index (χ2v) is 5.31. The van der Waals surface area contributed by atoms with Crippen LogP contribution in [-0.4, -0.2) is 43.0 Å². The van der Waals surface area contributed by atoms with E-state index >= 15 is 0 Å². The highest BCUT2D eigenvalue weighted by Gasteiger charge is 2.16. The number of carbonyl (C=O) groups is 1. The maximum Gasteiger partial charge on any atom is 0.303 e. The fourth-order valence-corrected chi connectivity index (χ4v) is 2.20. The molecule has 6 nitrogen and oxygen atoms in total. The summed E-state index contributed by atoms with van der Waals surface area (Å²) in [5.41, 5.74) is 0.678. The lowest BCUT2D eigenvalue weighted by Crippen LogP contribution is -2.07. The van der Waals surface area contributed by atoms with Gasteiger partial charge in [0.1, 0.15) is 6.61 Å². The van der Waals surface area contributed by atoms with Gasteiger partial charge in [-0.25, -0.2) is 13.8 Å². The summed E-state index contributed by atoms with van der Waals surface area (Å²) in [4.78, 5) is 14.5. The van der Waals surface area contributed by atoms with Crippen molar-refractivity contribution in [2.45, 2.75) is 12.8 Å². The summed E-state index contributed by atoms with van der Waals surface area (Å²) in [6.07, 6.45) is 1.52. The lowest BCUT2D eigenvalue weighted by atomic mass is 10.1. The first-order valence-corrected chi connectivity index (χ1v) is 7.93. The quantitative estimate of drug-likeness (QED) is 0.649. The predicted octanol–water partition coefficient (Wildman–Crippen LogP) is 3.30. The number of nitrogens with zero attached hydrogens (tertiary/aromatic N) is 1. The van der Waals surface area contributed by atoms with Crippen molar-refractivity contribution in [3.63, 3.8) is 0 Å². The van der Waals surface area contributed by atoms with E-state index in [0.29, 0.717) is 12.2 Å². The van der Waals surface area contributed by atoms with E-state index < -0.39 is 23.4 Å². The smallest absolute Gasteiger partial charge is 0.303 e. The molecule has 0 radical (unpaired) electrons. The molecule has 0 saturated carbocycles. The van der Waals surface area contributed by atoms with Crippen molar-refractivity contribution in [1.29, 1.82) is 0 Å². The van der Waals surface area contributed by atoms with E-state index in [1.807, 2.05) is 0 Å². The number of rotatable bonds is 10. The molecule has 0 atom stereocenters. The molecule has 1 N–H and O–H groups in total. The van der Waals surface area contributed by atoms with Crippen molar-refractivity contribution in [1.82, 2.24) is 4.98 Å². The van der Waals surface area contributed by atoms with Crippen molar-refractivity contribution in [3.8, 4) is 22.8 Å². The first-order valence-electron chi connectivity index (χ1n) is 7.93. The van der Waals surface area contributed by atoms with E-state index in [1.165, 1.54) is 13.3 Å². The Hall–Kier alpha value is -2.74. The molecule has 140 valence electrons. The highest BCUT2D eigenvalue weighted by atomic mass is 19.1. The van der Waals surface area contributed by atoms with Crippen LogP contribution >= 0.6 is 0 Å². The van der Waals surface area contributed by atoms with Gasteiger partial charge in [0.25, 0.3) is 0 Å². The van der Waals surface area contributed by atoms with Crippen LogP contribution in [0.1, 0.15) is 12.8 Å². The Morgan fingerprint density at radius 2 is 1.88 bits per heavy atom. The maximum atomic E-state index is 14.3. The molecule has 0 fully saturated rings. The number of halogens is 2. The Labute approximate surface area is 149 Å². The summed E-state index contributed by atoms with van der Waals surface area (Å²) < 4.78 is 43.9. The zero-order chi connectivity index (χ0) is 18.9. The number of carboxylic acids is 1. The lowest BCUT2D eigenvalue weighted by molar-refractivity contribution is -0.137. The SMILES string of the molecule is COCCOc1ncccc1-c1cc(F)c(OCCCC(=O)O)c(F)c1. The van der Waals surface area contributed by atoms with E-state index in [0.717, 1.165) is 12.1 Å². The summed E-state index contributed by atoms with van der Waals surface area (Å²) >= 11 is 0. The topological polar surface area (TPSA) is 77.9 Å². The summed E-state index contributed by atoms with van der Waals surface area (Å²) in [6.45, 7) is 0.496.